The summed E-state index contributed by atoms with van der Waals surface area (Å²) in [7, 11) is -2.93. The summed E-state index contributed by atoms with van der Waals surface area (Å²) < 4.78 is 23.0. The van der Waals surface area contributed by atoms with Crippen molar-refractivity contribution in [1.29, 1.82) is 0 Å². The third kappa shape index (κ3) is 3.03. The highest BCUT2D eigenvalue weighted by Crippen LogP contribution is 2.20. The number of hydrogen-bond donors (Lipinski definition) is 1. The van der Waals surface area contributed by atoms with Crippen molar-refractivity contribution >= 4 is 15.7 Å². The van der Waals surface area contributed by atoms with E-state index in [1.807, 2.05) is 6.92 Å². The molecule has 2 aliphatic rings. The molecular formula is C12H22N2O3S. The summed E-state index contributed by atoms with van der Waals surface area (Å²) in [4.78, 5) is 14.2. The first-order chi connectivity index (χ1) is 8.53. The molecule has 0 aromatic heterocycles. The molecule has 1 N–H and O–H groups in total. The van der Waals surface area contributed by atoms with Crippen LogP contribution < -0.4 is 5.32 Å². The van der Waals surface area contributed by atoms with Gasteiger partial charge < -0.3 is 10.2 Å². The van der Waals surface area contributed by atoms with Crippen LogP contribution in [0.2, 0.25) is 0 Å². The van der Waals surface area contributed by atoms with Gasteiger partial charge in [-0.25, -0.2) is 8.42 Å². The van der Waals surface area contributed by atoms with E-state index < -0.39 is 9.84 Å². The van der Waals surface area contributed by atoms with Crippen molar-refractivity contribution in [3.8, 4) is 0 Å². The zero-order valence-corrected chi connectivity index (χ0v) is 11.7. The van der Waals surface area contributed by atoms with E-state index in [1.54, 1.807) is 4.90 Å². The van der Waals surface area contributed by atoms with Crippen molar-refractivity contribution in [3.63, 3.8) is 0 Å². The number of carbonyl (C=O) groups excluding carboxylic acids is 1. The summed E-state index contributed by atoms with van der Waals surface area (Å²) in [6.45, 7) is 3.40. The fourth-order valence-corrected chi connectivity index (χ4v) is 4.61. The standard InChI is InChI=1S/C12H22N2O3S/c1-2-14(10-6-8-18(16,17)9-10)12(15)11-5-3-4-7-13-11/h10-11,13H,2-9H2,1H3/t10?,11-/m1/s1. The molecule has 0 spiro atoms. The smallest absolute Gasteiger partial charge is 0.239 e. The lowest BCUT2D eigenvalue weighted by Crippen LogP contribution is -2.52. The molecule has 0 saturated carbocycles. The van der Waals surface area contributed by atoms with Crippen LogP contribution in [0.4, 0.5) is 0 Å². The molecule has 2 heterocycles. The SMILES string of the molecule is CCN(C(=O)[C@H]1CCCCN1)C1CCS(=O)(=O)C1. The van der Waals surface area contributed by atoms with Crippen LogP contribution >= 0.6 is 0 Å². The molecule has 1 amide bonds. The fourth-order valence-electron chi connectivity index (χ4n) is 2.88. The van der Waals surface area contributed by atoms with Gasteiger partial charge in [-0.2, -0.15) is 0 Å². The van der Waals surface area contributed by atoms with Gasteiger partial charge in [0.2, 0.25) is 5.91 Å². The molecule has 0 bridgehead atoms. The van der Waals surface area contributed by atoms with Gasteiger partial charge in [0.1, 0.15) is 0 Å². The van der Waals surface area contributed by atoms with Crippen LogP contribution in [0.15, 0.2) is 0 Å². The van der Waals surface area contributed by atoms with Gasteiger partial charge in [-0.1, -0.05) is 6.42 Å². The molecule has 6 heteroatoms. The molecule has 2 fully saturated rings. The molecule has 2 aliphatic heterocycles. The van der Waals surface area contributed by atoms with Crippen LogP contribution in [-0.4, -0.2) is 55.9 Å². The van der Waals surface area contributed by atoms with Gasteiger partial charge in [-0.15, -0.1) is 0 Å². The van der Waals surface area contributed by atoms with Gasteiger partial charge in [-0.3, -0.25) is 4.79 Å². The molecule has 0 aromatic rings. The minimum Gasteiger partial charge on any atom is -0.338 e. The predicted molar refractivity (Wildman–Crippen MR) is 70.1 cm³/mol. The van der Waals surface area contributed by atoms with E-state index in [0.717, 1.165) is 25.8 Å². The highest BCUT2D eigenvalue weighted by Gasteiger charge is 2.36. The lowest BCUT2D eigenvalue weighted by molar-refractivity contribution is -0.135. The maximum atomic E-state index is 12.4. The number of hydrogen-bond acceptors (Lipinski definition) is 4. The molecule has 2 rings (SSSR count). The van der Waals surface area contributed by atoms with Crippen molar-refractivity contribution in [1.82, 2.24) is 10.2 Å². The first kappa shape index (κ1) is 13.8. The van der Waals surface area contributed by atoms with Crippen LogP contribution in [0.5, 0.6) is 0 Å². The summed E-state index contributed by atoms with van der Waals surface area (Å²) in [6.07, 6.45) is 3.65. The Kier molecular flexibility index (Phi) is 4.27. The molecule has 0 aliphatic carbocycles. The average molecular weight is 274 g/mol. The van der Waals surface area contributed by atoms with Crippen LogP contribution in [0, 0.1) is 0 Å². The van der Waals surface area contributed by atoms with Crippen molar-refractivity contribution in [2.24, 2.45) is 0 Å². The van der Waals surface area contributed by atoms with Crippen molar-refractivity contribution in [2.45, 2.75) is 44.7 Å². The number of nitrogens with zero attached hydrogens (tertiary/aromatic N) is 1. The Morgan fingerprint density at radius 1 is 1.33 bits per heavy atom. The van der Waals surface area contributed by atoms with Gasteiger partial charge in [-0.05, 0) is 32.7 Å². The van der Waals surface area contributed by atoms with E-state index in [4.69, 9.17) is 0 Å². The van der Waals surface area contributed by atoms with Crippen LogP contribution in [0.25, 0.3) is 0 Å². The second kappa shape index (κ2) is 5.57. The average Bonchev–Trinajstić information content (AvgIpc) is 2.71. The van der Waals surface area contributed by atoms with Crippen LogP contribution in [0.1, 0.15) is 32.6 Å². The molecule has 2 saturated heterocycles. The summed E-state index contributed by atoms with van der Waals surface area (Å²) in [6, 6.07) is -0.224. The van der Waals surface area contributed by atoms with Crippen molar-refractivity contribution in [3.05, 3.63) is 0 Å². The zero-order valence-electron chi connectivity index (χ0n) is 10.9. The lowest BCUT2D eigenvalue weighted by atomic mass is 10.0. The summed E-state index contributed by atoms with van der Waals surface area (Å²) in [5.41, 5.74) is 0. The molecule has 104 valence electrons. The van der Waals surface area contributed by atoms with Crippen molar-refractivity contribution < 1.29 is 13.2 Å². The number of amides is 1. The quantitative estimate of drug-likeness (QED) is 0.796. The largest absolute Gasteiger partial charge is 0.338 e. The number of rotatable bonds is 3. The first-order valence-electron chi connectivity index (χ1n) is 6.78. The number of carbonyl (C=O) groups is 1. The maximum Gasteiger partial charge on any atom is 0.239 e. The third-order valence-corrected chi connectivity index (χ3v) is 5.63. The van der Waals surface area contributed by atoms with E-state index in [-0.39, 0.29) is 29.5 Å². The number of likely N-dealkylation sites (N-methyl/N-ethyl adjacent to an activating group) is 1. The molecule has 18 heavy (non-hydrogen) atoms. The summed E-state index contributed by atoms with van der Waals surface area (Å²) in [5, 5.41) is 3.24. The Hall–Kier alpha value is -0.620. The zero-order chi connectivity index (χ0) is 13.2. The molecule has 0 radical (unpaired) electrons. The van der Waals surface area contributed by atoms with E-state index in [1.165, 1.54) is 0 Å². The Labute approximate surface area is 109 Å². The maximum absolute atomic E-state index is 12.4. The Balaban J connectivity index is 2.01. The molecule has 1 unspecified atom stereocenters. The van der Waals surface area contributed by atoms with Gasteiger partial charge in [0.05, 0.1) is 17.5 Å². The molecular weight excluding hydrogens is 252 g/mol. The number of piperidine rings is 1. The lowest BCUT2D eigenvalue weighted by Gasteiger charge is -2.32. The van der Waals surface area contributed by atoms with Crippen molar-refractivity contribution in [2.75, 3.05) is 24.6 Å². The molecule has 5 nitrogen and oxygen atoms in total. The first-order valence-corrected chi connectivity index (χ1v) is 8.60. The van der Waals surface area contributed by atoms with Gasteiger partial charge in [0.25, 0.3) is 0 Å². The van der Waals surface area contributed by atoms with Crippen LogP contribution in [-0.2, 0) is 14.6 Å². The van der Waals surface area contributed by atoms with E-state index in [9.17, 15) is 13.2 Å². The molecule has 0 aromatic carbocycles. The normalized spacial score (nSPS) is 31.2. The van der Waals surface area contributed by atoms with Gasteiger partial charge in [0, 0.05) is 12.6 Å². The highest BCUT2D eigenvalue weighted by molar-refractivity contribution is 7.91. The fraction of sp³-hybridized carbons (Fsp3) is 0.917. The van der Waals surface area contributed by atoms with E-state index >= 15 is 0 Å². The van der Waals surface area contributed by atoms with Gasteiger partial charge >= 0.3 is 0 Å². The second-order valence-electron chi connectivity index (χ2n) is 5.18. The predicted octanol–water partition coefficient (Wildman–Crippen LogP) is 0.164. The van der Waals surface area contributed by atoms with Crippen LogP contribution in [0.3, 0.4) is 0 Å². The minimum atomic E-state index is -2.93. The Bertz CT molecular complexity index is 402. The van der Waals surface area contributed by atoms with E-state index in [0.29, 0.717) is 13.0 Å². The molecule has 2 atom stereocenters. The second-order valence-corrected chi connectivity index (χ2v) is 7.41. The Morgan fingerprint density at radius 2 is 2.11 bits per heavy atom. The third-order valence-electron chi connectivity index (χ3n) is 3.88. The monoisotopic (exact) mass is 274 g/mol. The topological polar surface area (TPSA) is 66.5 Å². The van der Waals surface area contributed by atoms with Gasteiger partial charge in [0.15, 0.2) is 9.84 Å². The number of nitrogens with one attached hydrogen (secondary N) is 1. The minimum absolute atomic E-state index is 0.0827. The highest BCUT2D eigenvalue weighted by atomic mass is 32.2. The Morgan fingerprint density at radius 3 is 2.61 bits per heavy atom. The summed E-state index contributed by atoms with van der Waals surface area (Å²) in [5.74, 6) is 0.443. The van der Waals surface area contributed by atoms with E-state index in [2.05, 4.69) is 5.32 Å². The number of sulfone groups is 1. The summed E-state index contributed by atoms with van der Waals surface area (Å²) >= 11 is 0.